The van der Waals surface area contributed by atoms with E-state index in [0.29, 0.717) is 28.7 Å². The summed E-state index contributed by atoms with van der Waals surface area (Å²) in [4.78, 5) is 12.5. The molecule has 0 saturated heterocycles. The zero-order chi connectivity index (χ0) is 19.8. The number of nitrogens with one attached hydrogen (secondary N) is 1. The Hall–Kier alpha value is -3.09. The van der Waals surface area contributed by atoms with Gasteiger partial charge < -0.3 is 15.8 Å². The first kappa shape index (κ1) is 18.7. The van der Waals surface area contributed by atoms with Gasteiger partial charge in [0.05, 0.1) is 11.2 Å². The molecule has 0 spiro atoms. The molecule has 0 aliphatic heterocycles. The normalized spacial score (nSPS) is 11.6. The Balaban J connectivity index is 2.03. The number of carbonyl (C=O) groups is 1. The van der Waals surface area contributed by atoms with Crippen LogP contribution in [0.4, 0.5) is 26.4 Å². The molecule has 1 aromatic heterocycles. The first-order valence-corrected chi connectivity index (χ1v) is 8.75. The van der Waals surface area contributed by atoms with Crippen LogP contribution in [0.2, 0.25) is 0 Å². The van der Waals surface area contributed by atoms with Gasteiger partial charge in [-0.1, -0.05) is 19.1 Å². The molecule has 0 unspecified atom stereocenters. The average molecular weight is 370 g/mol. The maximum absolute atomic E-state index is 14.3. The lowest BCUT2D eigenvalue weighted by Crippen LogP contribution is -2.27. The summed E-state index contributed by atoms with van der Waals surface area (Å²) in [5, 5.41) is 7.81. The van der Waals surface area contributed by atoms with Crippen molar-refractivity contribution in [3.05, 3.63) is 47.8 Å². The van der Waals surface area contributed by atoms with E-state index in [-0.39, 0.29) is 11.6 Å². The van der Waals surface area contributed by atoms with Crippen LogP contribution in [0.25, 0.3) is 10.9 Å². The summed E-state index contributed by atoms with van der Waals surface area (Å²) >= 11 is 0. The predicted molar refractivity (Wildman–Crippen MR) is 105 cm³/mol. The summed E-state index contributed by atoms with van der Waals surface area (Å²) in [5.41, 5.74) is 7.64. The highest BCUT2D eigenvalue weighted by Crippen LogP contribution is 2.29. The van der Waals surface area contributed by atoms with Crippen LogP contribution in [0.1, 0.15) is 33.3 Å². The fraction of sp³-hybridized carbons (Fsp3) is 0.300. The molecule has 0 fully saturated rings. The van der Waals surface area contributed by atoms with Gasteiger partial charge in [-0.2, -0.15) is 4.68 Å². The molecule has 0 saturated carbocycles. The molecular formula is C20H23FN4O2. The van der Waals surface area contributed by atoms with E-state index < -0.39 is 11.7 Å². The van der Waals surface area contributed by atoms with Gasteiger partial charge in [-0.05, 0) is 57.0 Å². The largest absolute Gasteiger partial charge is 0.442 e. The monoisotopic (exact) mass is 370 g/mol. The van der Waals surface area contributed by atoms with E-state index in [1.165, 1.54) is 6.07 Å². The Morgan fingerprint density at radius 2 is 2.04 bits per heavy atom. The summed E-state index contributed by atoms with van der Waals surface area (Å²) in [5.74, 6) is -0.114. The van der Waals surface area contributed by atoms with Gasteiger partial charge in [0, 0.05) is 11.1 Å². The van der Waals surface area contributed by atoms with E-state index in [4.69, 9.17) is 10.5 Å². The van der Waals surface area contributed by atoms with Crippen LogP contribution in [-0.4, -0.2) is 21.5 Å². The maximum Gasteiger partial charge on any atom is 0.435 e. The topological polar surface area (TPSA) is 82.2 Å². The highest BCUT2D eigenvalue weighted by molar-refractivity contribution is 5.96. The van der Waals surface area contributed by atoms with Crippen LogP contribution in [-0.2, 0) is 11.2 Å². The Morgan fingerprint density at radius 3 is 2.70 bits per heavy atom. The second-order valence-electron chi connectivity index (χ2n) is 7.26. The zero-order valence-corrected chi connectivity index (χ0v) is 15.8. The molecule has 0 bridgehead atoms. The van der Waals surface area contributed by atoms with E-state index in [2.05, 4.69) is 10.4 Å². The number of hydrogen-bond acceptors (Lipinski definition) is 5. The number of carbonyl (C=O) groups excluding carboxylic acids is 1. The Kier molecular flexibility index (Phi) is 4.78. The number of ether oxygens (including phenoxy) is 1. The first-order valence-electron chi connectivity index (χ1n) is 8.75. The molecule has 3 rings (SSSR count). The van der Waals surface area contributed by atoms with Gasteiger partial charge in [0.25, 0.3) is 0 Å². The number of fused-ring (bicyclic) bond motifs is 1. The van der Waals surface area contributed by atoms with Crippen LogP contribution in [0.3, 0.4) is 0 Å². The van der Waals surface area contributed by atoms with E-state index in [1.54, 1.807) is 45.0 Å². The lowest BCUT2D eigenvalue weighted by atomic mass is 10.1. The van der Waals surface area contributed by atoms with Crippen LogP contribution in [0.5, 0.6) is 0 Å². The lowest BCUT2D eigenvalue weighted by molar-refractivity contribution is 0.0523. The van der Waals surface area contributed by atoms with Crippen LogP contribution >= 0.6 is 0 Å². The summed E-state index contributed by atoms with van der Waals surface area (Å²) < 4.78 is 20.8. The molecule has 0 atom stereocenters. The fourth-order valence-electron chi connectivity index (χ4n) is 2.81. The third-order valence-corrected chi connectivity index (χ3v) is 4.03. The molecule has 7 heteroatoms. The quantitative estimate of drug-likeness (QED) is 0.689. The summed E-state index contributed by atoms with van der Waals surface area (Å²) in [6.07, 6.45) is 0.0620. The summed E-state index contributed by atoms with van der Waals surface area (Å²) in [6.45, 7) is 7.29. The van der Waals surface area contributed by atoms with Crippen molar-refractivity contribution in [3.8, 4) is 0 Å². The molecule has 27 heavy (non-hydrogen) atoms. The standard InChI is InChI=1S/C20H23FN4O2/c1-5-12-7-6-8-15(21)17(12)23-13-9-10-14-16(11-13)25(24-18(14)22)19(26)27-20(2,3)4/h6-11,23H,5H2,1-4H3,(H2,22,24). The fourth-order valence-corrected chi connectivity index (χ4v) is 2.81. The number of rotatable bonds is 3. The van der Waals surface area contributed by atoms with E-state index in [1.807, 2.05) is 13.0 Å². The SMILES string of the molecule is CCc1cccc(F)c1Nc1ccc2c(N)nn(C(=O)OC(C)(C)C)c2c1. The van der Waals surface area contributed by atoms with Gasteiger partial charge >= 0.3 is 6.09 Å². The van der Waals surface area contributed by atoms with Crippen molar-refractivity contribution in [2.75, 3.05) is 11.1 Å². The number of aryl methyl sites for hydroxylation is 1. The predicted octanol–water partition coefficient (Wildman–Crippen LogP) is 4.85. The second kappa shape index (κ2) is 6.90. The van der Waals surface area contributed by atoms with E-state index >= 15 is 0 Å². The summed E-state index contributed by atoms with van der Waals surface area (Å²) in [7, 11) is 0. The smallest absolute Gasteiger partial charge is 0.435 e. The van der Waals surface area contributed by atoms with Crippen molar-refractivity contribution in [3.63, 3.8) is 0 Å². The van der Waals surface area contributed by atoms with Gasteiger partial charge in [-0.15, -0.1) is 5.10 Å². The number of para-hydroxylation sites is 1. The van der Waals surface area contributed by atoms with Gasteiger partial charge in [-0.25, -0.2) is 9.18 Å². The number of nitrogen functional groups attached to an aromatic ring is 1. The number of anilines is 3. The van der Waals surface area contributed by atoms with Crippen LogP contribution < -0.4 is 11.1 Å². The van der Waals surface area contributed by atoms with Crippen molar-refractivity contribution in [2.45, 2.75) is 39.7 Å². The minimum Gasteiger partial charge on any atom is -0.442 e. The zero-order valence-electron chi connectivity index (χ0n) is 15.8. The number of nitrogens with zero attached hydrogens (tertiary/aromatic N) is 2. The van der Waals surface area contributed by atoms with Crippen LogP contribution in [0, 0.1) is 5.82 Å². The molecule has 3 aromatic rings. The number of aromatic nitrogens is 2. The number of halogens is 1. The molecule has 6 nitrogen and oxygen atoms in total. The van der Waals surface area contributed by atoms with Gasteiger partial charge in [0.2, 0.25) is 0 Å². The van der Waals surface area contributed by atoms with Gasteiger partial charge in [-0.3, -0.25) is 0 Å². The molecule has 3 N–H and O–H groups in total. The molecular weight excluding hydrogens is 347 g/mol. The lowest BCUT2D eigenvalue weighted by Gasteiger charge is -2.19. The van der Waals surface area contributed by atoms with E-state index in [0.717, 1.165) is 10.2 Å². The third kappa shape index (κ3) is 3.86. The highest BCUT2D eigenvalue weighted by Gasteiger charge is 2.22. The molecule has 0 aliphatic carbocycles. The first-order chi connectivity index (χ1) is 12.7. The third-order valence-electron chi connectivity index (χ3n) is 4.03. The Morgan fingerprint density at radius 1 is 1.30 bits per heavy atom. The highest BCUT2D eigenvalue weighted by atomic mass is 19.1. The average Bonchev–Trinajstić information content (AvgIpc) is 2.92. The van der Waals surface area contributed by atoms with Crippen molar-refractivity contribution >= 4 is 34.2 Å². The second-order valence-corrected chi connectivity index (χ2v) is 7.26. The Labute approximate surface area is 157 Å². The van der Waals surface area contributed by atoms with Crippen molar-refractivity contribution in [1.29, 1.82) is 0 Å². The number of nitrogens with two attached hydrogens (primary N) is 1. The van der Waals surface area contributed by atoms with Crippen molar-refractivity contribution in [1.82, 2.24) is 9.78 Å². The minimum atomic E-state index is -0.664. The molecule has 1 heterocycles. The molecule has 0 radical (unpaired) electrons. The molecule has 142 valence electrons. The molecule has 2 aromatic carbocycles. The minimum absolute atomic E-state index is 0.225. The van der Waals surface area contributed by atoms with Crippen molar-refractivity contribution < 1.29 is 13.9 Å². The number of hydrogen-bond donors (Lipinski definition) is 2. The van der Waals surface area contributed by atoms with Gasteiger partial charge in [0.1, 0.15) is 11.4 Å². The number of benzene rings is 2. The van der Waals surface area contributed by atoms with Crippen LogP contribution in [0.15, 0.2) is 36.4 Å². The van der Waals surface area contributed by atoms with Gasteiger partial charge in [0.15, 0.2) is 5.82 Å². The van der Waals surface area contributed by atoms with E-state index in [9.17, 15) is 9.18 Å². The molecule has 0 aliphatic rings. The van der Waals surface area contributed by atoms with Crippen molar-refractivity contribution in [2.24, 2.45) is 0 Å². The Bertz CT molecular complexity index is 1010. The maximum atomic E-state index is 14.3. The molecule has 0 amide bonds. The summed E-state index contributed by atoms with van der Waals surface area (Å²) in [6, 6.07) is 10.2.